The van der Waals surface area contributed by atoms with Crippen molar-refractivity contribution in [2.75, 3.05) is 18.9 Å². The molecule has 1 saturated heterocycles. The van der Waals surface area contributed by atoms with Crippen LogP contribution < -0.4 is 5.32 Å². The van der Waals surface area contributed by atoms with Crippen molar-refractivity contribution in [3.63, 3.8) is 0 Å². The first-order valence-corrected chi connectivity index (χ1v) is 3.91. The highest BCUT2D eigenvalue weighted by Crippen LogP contribution is 2.15. The maximum atomic E-state index is 10.0. The largest absolute Gasteiger partial charge is 0.304 e. The summed E-state index contributed by atoms with van der Waals surface area (Å²) < 4.78 is 0. The standard InChI is InChI=1S/C5H10NOS/c7-3-1-5-6-2-4-8-5/h5-6H,1-4H2. The Hall–Kier alpha value is 0.270. The normalized spacial score (nSPS) is 28.9. The molecule has 2 nitrogen and oxygen atoms in total. The van der Waals surface area contributed by atoms with Gasteiger partial charge in [-0.3, -0.25) is 0 Å². The Labute approximate surface area is 53.7 Å². The molecule has 0 saturated carbocycles. The molecule has 1 aliphatic rings. The SMILES string of the molecule is [O]CCC1NCCS1. The average molecular weight is 132 g/mol. The molecular weight excluding hydrogens is 122 g/mol. The highest BCUT2D eigenvalue weighted by Gasteiger charge is 2.12. The van der Waals surface area contributed by atoms with E-state index in [9.17, 15) is 5.11 Å². The van der Waals surface area contributed by atoms with Crippen LogP contribution in [0.4, 0.5) is 0 Å². The summed E-state index contributed by atoms with van der Waals surface area (Å²) in [6.45, 7) is 1.14. The van der Waals surface area contributed by atoms with Crippen LogP contribution >= 0.6 is 11.8 Å². The van der Waals surface area contributed by atoms with E-state index >= 15 is 0 Å². The van der Waals surface area contributed by atoms with Crippen molar-refractivity contribution < 1.29 is 5.11 Å². The molecule has 1 rings (SSSR count). The molecule has 1 atom stereocenters. The number of nitrogens with one attached hydrogen (secondary N) is 1. The first-order chi connectivity index (χ1) is 3.93. The molecule has 1 heterocycles. The first-order valence-electron chi connectivity index (χ1n) is 2.86. The lowest BCUT2D eigenvalue weighted by atomic mass is 10.4. The van der Waals surface area contributed by atoms with Crippen molar-refractivity contribution >= 4 is 11.8 Å². The van der Waals surface area contributed by atoms with Gasteiger partial charge >= 0.3 is 0 Å². The number of hydrogen-bond acceptors (Lipinski definition) is 2. The zero-order chi connectivity index (χ0) is 5.82. The molecule has 8 heavy (non-hydrogen) atoms. The van der Waals surface area contributed by atoms with E-state index in [1.165, 1.54) is 5.75 Å². The number of hydrogen-bond donors (Lipinski definition) is 1. The lowest BCUT2D eigenvalue weighted by molar-refractivity contribution is 0.186. The van der Waals surface area contributed by atoms with Gasteiger partial charge in [0.05, 0.1) is 12.0 Å². The fourth-order valence-corrected chi connectivity index (χ4v) is 1.79. The van der Waals surface area contributed by atoms with Crippen LogP contribution in [0.3, 0.4) is 0 Å². The lowest BCUT2D eigenvalue weighted by Crippen LogP contribution is -2.20. The van der Waals surface area contributed by atoms with E-state index in [-0.39, 0.29) is 6.61 Å². The van der Waals surface area contributed by atoms with Crippen molar-refractivity contribution in [3.05, 3.63) is 0 Å². The molecule has 1 fully saturated rings. The van der Waals surface area contributed by atoms with E-state index in [1.54, 1.807) is 0 Å². The third kappa shape index (κ3) is 1.65. The Kier molecular flexibility index (Phi) is 2.66. The molecule has 0 aromatic carbocycles. The minimum Gasteiger partial charge on any atom is -0.304 e. The second kappa shape index (κ2) is 3.33. The zero-order valence-electron chi connectivity index (χ0n) is 4.72. The molecule has 1 radical (unpaired) electrons. The lowest BCUT2D eigenvalue weighted by Gasteiger charge is -2.03. The fourth-order valence-electron chi connectivity index (χ4n) is 0.772. The minimum absolute atomic E-state index is 0.0602. The summed E-state index contributed by atoms with van der Waals surface area (Å²) in [7, 11) is 0. The van der Waals surface area contributed by atoms with Crippen LogP contribution in [0.5, 0.6) is 0 Å². The van der Waals surface area contributed by atoms with Gasteiger partial charge in [-0.1, -0.05) is 0 Å². The number of thioether (sulfide) groups is 1. The van der Waals surface area contributed by atoms with Crippen molar-refractivity contribution in [1.29, 1.82) is 0 Å². The van der Waals surface area contributed by atoms with E-state index in [1.807, 2.05) is 11.8 Å². The molecule has 3 heteroatoms. The van der Waals surface area contributed by atoms with Gasteiger partial charge in [0.15, 0.2) is 0 Å². The van der Waals surface area contributed by atoms with Crippen molar-refractivity contribution in [2.45, 2.75) is 11.8 Å². The predicted octanol–water partition coefficient (Wildman–Crippen LogP) is 0.469. The van der Waals surface area contributed by atoms with Crippen LogP contribution in [-0.4, -0.2) is 24.3 Å². The van der Waals surface area contributed by atoms with Gasteiger partial charge < -0.3 is 5.32 Å². The monoisotopic (exact) mass is 132 g/mol. The third-order valence-corrected chi connectivity index (χ3v) is 2.42. The predicted molar refractivity (Wildman–Crippen MR) is 34.4 cm³/mol. The molecule has 1 aliphatic heterocycles. The highest BCUT2D eigenvalue weighted by atomic mass is 32.2. The average Bonchev–Trinajstić information content (AvgIpc) is 2.19. The van der Waals surface area contributed by atoms with Gasteiger partial charge in [-0.05, 0) is 6.42 Å². The maximum absolute atomic E-state index is 10.0. The van der Waals surface area contributed by atoms with Gasteiger partial charge in [-0.2, -0.15) is 0 Å². The van der Waals surface area contributed by atoms with Gasteiger partial charge in [0.2, 0.25) is 0 Å². The van der Waals surface area contributed by atoms with Gasteiger partial charge in [0, 0.05) is 12.3 Å². The molecule has 0 aromatic heterocycles. The Morgan fingerprint density at radius 2 is 2.62 bits per heavy atom. The zero-order valence-corrected chi connectivity index (χ0v) is 5.54. The highest BCUT2D eigenvalue weighted by molar-refractivity contribution is 8.00. The van der Waals surface area contributed by atoms with Crippen LogP contribution in [0.15, 0.2) is 0 Å². The van der Waals surface area contributed by atoms with E-state index in [0.717, 1.165) is 13.0 Å². The van der Waals surface area contributed by atoms with Gasteiger partial charge in [-0.15, -0.1) is 11.8 Å². The summed E-state index contributed by atoms with van der Waals surface area (Å²) in [5.74, 6) is 1.17. The summed E-state index contributed by atoms with van der Waals surface area (Å²) in [6, 6.07) is 0. The van der Waals surface area contributed by atoms with Crippen molar-refractivity contribution in [3.8, 4) is 0 Å². The van der Waals surface area contributed by atoms with Gasteiger partial charge in [0.1, 0.15) is 0 Å². The van der Waals surface area contributed by atoms with Crippen molar-refractivity contribution in [2.24, 2.45) is 0 Å². The molecule has 0 amide bonds. The molecule has 0 spiro atoms. The van der Waals surface area contributed by atoms with Crippen LogP contribution in [0, 0.1) is 0 Å². The van der Waals surface area contributed by atoms with E-state index in [0.29, 0.717) is 5.37 Å². The molecule has 1 N–H and O–H groups in total. The summed E-state index contributed by atoms with van der Waals surface area (Å²) in [4.78, 5) is 0. The molecule has 47 valence electrons. The smallest absolute Gasteiger partial charge is 0.0845 e. The van der Waals surface area contributed by atoms with E-state index < -0.39 is 0 Å². The molecular formula is C5H10NOS. The van der Waals surface area contributed by atoms with Crippen LogP contribution in [0.1, 0.15) is 6.42 Å². The molecule has 0 aliphatic carbocycles. The Morgan fingerprint density at radius 3 is 3.12 bits per heavy atom. The van der Waals surface area contributed by atoms with Gasteiger partial charge in [-0.25, -0.2) is 5.11 Å². The topological polar surface area (TPSA) is 31.9 Å². The maximum Gasteiger partial charge on any atom is 0.0845 e. The Bertz CT molecular complexity index is 63.4. The van der Waals surface area contributed by atoms with Crippen LogP contribution in [0.25, 0.3) is 0 Å². The van der Waals surface area contributed by atoms with Crippen LogP contribution in [-0.2, 0) is 5.11 Å². The summed E-state index contributed by atoms with van der Waals surface area (Å²) in [5, 5.41) is 13.7. The molecule has 0 bridgehead atoms. The molecule has 1 unspecified atom stereocenters. The molecule has 0 aromatic rings. The Morgan fingerprint density at radius 1 is 1.75 bits per heavy atom. The second-order valence-electron chi connectivity index (χ2n) is 1.81. The minimum atomic E-state index is 0.0602. The van der Waals surface area contributed by atoms with Crippen LogP contribution in [0.2, 0.25) is 0 Å². The summed E-state index contributed by atoms with van der Waals surface area (Å²) >= 11 is 1.86. The first kappa shape index (κ1) is 6.39. The van der Waals surface area contributed by atoms with Gasteiger partial charge in [0.25, 0.3) is 0 Å². The number of rotatable bonds is 2. The summed E-state index contributed by atoms with van der Waals surface area (Å²) in [6.07, 6.45) is 0.782. The second-order valence-corrected chi connectivity index (χ2v) is 3.12. The van der Waals surface area contributed by atoms with E-state index in [4.69, 9.17) is 0 Å². The quantitative estimate of drug-likeness (QED) is 0.592. The van der Waals surface area contributed by atoms with Crippen molar-refractivity contribution in [1.82, 2.24) is 5.32 Å². The fraction of sp³-hybridized carbons (Fsp3) is 1.00. The Balaban J connectivity index is 2.06. The van der Waals surface area contributed by atoms with E-state index in [2.05, 4.69) is 5.32 Å². The third-order valence-electron chi connectivity index (χ3n) is 1.17. The summed E-state index contributed by atoms with van der Waals surface area (Å²) in [5.41, 5.74) is 0.